The first-order chi connectivity index (χ1) is 12.2. The van der Waals surface area contributed by atoms with Crippen LogP contribution in [0.25, 0.3) is 0 Å². The van der Waals surface area contributed by atoms with Crippen molar-refractivity contribution in [2.75, 3.05) is 6.54 Å². The number of unbranched alkanes of at least 4 members (excludes halogenated alkanes) is 15. The molecule has 0 saturated carbocycles. The number of aliphatic hydroxyl groups is 2. The van der Waals surface area contributed by atoms with Crippen LogP contribution < -0.4 is 5.73 Å². The Bertz CT molecular complexity index is 246. The van der Waals surface area contributed by atoms with Gasteiger partial charge in [0.25, 0.3) is 0 Å². The molecule has 25 heavy (non-hydrogen) atoms. The third-order valence-corrected chi connectivity index (χ3v) is 5.34. The van der Waals surface area contributed by atoms with Crippen LogP contribution in [0.2, 0.25) is 0 Å². The molecule has 0 amide bonds. The predicted octanol–water partition coefficient (Wildman–Crippen LogP) is 5.91. The lowest BCUT2D eigenvalue weighted by atomic mass is 9.97. The van der Waals surface area contributed by atoms with Crippen molar-refractivity contribution in [3.63, 3.8) is 0 Å². The molecule has 0 fully saturated rings. The lowest BCUT2D eigenvalue weighted by molar-refractivity contribution is -0.0560. The molecule has 0 aromatic carbocycles. The van der Waals surface area contributed by atoms with Gasteiger partial charge in [-0.25, -0.2) is 0 Å². The monoisotopic (exact) mass is 357 g/mol. The zero-order chi connectivity index (χ0) is 18.6. The standard InChI is InChI=1S/C22H47NO2/c1-2-3-4-5-6-7-8-9-10-11-12-13-14-15-16-17-18-21(20-23)19-22(24)25/h21-22,24-25H,2-20,23H2,1H3. The van der Waals surface area contributed by atoms with Crippen molar-refractivity contribution in [3.8, 4) is 0 Å². The van der Waals surface area contributed by atoms with Crippen LogP contribution in [0.15, 0.2) is 0 Å². The molecule has 0 spiro atoms. The molecule has 4 N–H and O–H groups in total. The van der Waals surface area contributed by atoms with Crippen molar-refractivity contribution < 1.29 is 10.2 Å². The van der Waals surface area contributed by atoms with Crippen LogP contribution in [-0.4, -0.2) is 23.0 Å². The number of aliphatic hydroxyl groups excluding tert-OH is 1. The Morgan fingerprint density at radius 3 is 1.28 bits per heavy atom. The van der Waals surface area contributed by atoms with Gasteiger partial charge in [-0.2, -0.15) is 0 Å². The van der Waals surface area contributed by atoms with Gasteiger partial charge >= 0.3 is 0 Å². The van der Waals surface area contributed by atoms with Crippen LogP contribution in [0.5, 0.6) is 0 Å². The van der Waals surface area contributed by atoms with E-state index in [1.54, 1.807) is 0 Å². The van der Waals surface area contributed by atoms with Crippen LogP contribution in [-0.2, 0) is 0 Å². The van der Waals surface area contributed by atoms with E-state index < -0.39 is 6.29 Å². The van der Waals surface area contributed by atoms with Crippen molar-refractivity contribution in [3.05, 3.63) is 0 Å². The minimum absolute atomic E-state index is 0.270. The van der Waals surface area contributed by atoms with Crippen molar-refractivity contribution in [2.45, 2.75) is 129 Å². The third kappa shape index (κ3) is 20.0. The van der Waals surface area contributed by atoms with Crippen LogP contribution in [0, 0.1) is 5.92 Å². The number of hydrogen-bond acceptors (Lipinski definition) is 3. The highest BCUT2D eigenvalue weighted by Crippen LogP contribution is 2.17. The normalized spacial score (nSPS) is 12.8. The highest BCUT2D eigenvalue weighted by atomic mass is 16.5. The Hall–Kier alpha value is -0.120. The summed E-state index contributed by atoms with van der Waals surface area (Å²) in [6.07, 6.45) is 22.4. The quantitative estimate of drug-likeness (QED) is 0.187. The molecule has 3 nitrogen and oxygen atoms in total. The van der Waals surface area contributed by atoms with Gasteiger partial charge in [0.15, 0.2) is 6.29 Å². The lowest BCUT2D eigenvalue weighted by Gasteiger charge is -2.15. The topological polar surface area (TPSA) is 66.5 Å². The van der Waals surface area contributed by atoms with E-state index in [4.69, 9.17) is 15.9 Å². The summed E-state index contributed by atoms with van der Waals surface area (Å²) in [4.78, 5) is 0. The average molecular weight is 358 g/mol. The SMILES string of the molecule is CCCCCCCCCCCCCCCCCCC(CN)CC(O)O. The Balaban J connectivity index is 3.14. The molecule has 0 aliphatic rings. The van der Waals surface area contributed by atoms with E-state index >= 15 is 0 Å². The van der Waals surface area contributed by atoms with Crippen molar-refractivity contribution in [1.29, 1.82) is 0 Å². The Kier molecular flexibility index (Phi) is 20.1. The van der Waals surface area contributed by atoms with E-state index in [9.17, 15) is 0 Å². The molecule has 0 radical (unpaired) electrons. The summed E-state index contributed by atoms with van der Waals surface area (Å²) in [5.74, 6) is 0.270. The highest BCUT2D eigenvalue weighted by Gasteiger charge is 2.10. The minimum atomic E-state index is -1.20. The maximum Gasteiger partial charge on any atom is 0.151 e. The van der Waals surface area contributed by atoms with Gasteiger partial charge in [0, 0.05) is 6.42 Å². The summed E-state index contributed by atoms with van der Waals surface area (Å²) < 4.78 is 0. The Morgan fingerprint density at radius 1 is 0.600 bits per heavy atom. The van der Waals surface area contributed by atoms with Crippen molar-refractivity contribution >= 4 is 0 Å². The van der Waals surface area contributed by atoms with Crippen LogP contribution in [0.3, 0.4) is 0 Å². The van der Waals surface area contributed by atoms with E-state index in [2.05, 4.69) is 6.92 Å². The molecular formula is C22H47NO2. The average Bonchev–Trinajstić information content (AvgIpc) is 2.60. The second kappa shape index (κ2) is 20.2. The largest absolute Gasteiger partial charge is 0.368 e. The molecule has 0 aromatic rings. The molecule has 0 aliphatic heterocycles. The zero-order valence-electron chi connectivity index (χ0n) is 17.1. The highest BCUT2D eigenvalue weighted by molar-refractivity contribution is 4.61. The van der Waals surface area contributed by atoms with Crippen LogP contribution >= 0.6 is 0 Å². The molecule has 152 valence electrons. The maximum atomic E-state index is 8.99. The summed E-state index contributed by atoms with van der Waals surface area (Å²) in [5.41, 5.74) is 5.67. The second-order valence-corrected chi connectivity index (χ2v) is 7.91. The van der Waals surface area contributed by atoms with E-state index in [0.717, 1.165) is 6.42 Å². The predicted molar refractivity (Wildman–Crippen MR) is 110 cm³/mol. The first-order valence-corrected chi connectivity index (χ1v) is 11.3. The van der Waals surface area contributed by atoms with Crippen molar-refractivity contribution in [2.24, 2.45) is 11.7 Å². The summed E-state index contributed by atoms with van der Waals surface area (Å²) in [6.45, 7) is 2.85. The number of rotatable bonds is 20. The first kappa shape index (κ1) is 24.9. The van der Waals surface area contributed by atoms with Gasteiger partial charge in [-0.3, -0.25) is 0 Å². The third-order valence-electron chi connectivity index (χ3n) is 5.34. The fourth-order valence-corrected chi connectivity index (χ4v) is 3.61. The summed E-state index contributed by atoms with van der Waals surface area (Å²) in [7, 11) is 0. The number of hydrogen-bond donors (Lipinski definition) is 3. The molecule has 3 heteroatoms. The van der Waals surface area contributed by atoms with Gasteiger partial charge in [-0.15, -0.1) is 0 Å². The first-order valence-electron chi connectivity index (χ1n) is 11.3. The van der Waals surface area contributed by atoms with Crippen LogP contribution in [0.1, 0.15) is 122 Å². The molecule has 0 heterocycles. The van der Waals surface area contributed by atoms with Crippen molar-refractivity contribution in [1.82, 2.24) is 0 Å². The minimum Gasteiger partial charge on any atom is -0.368 e. The molecule has 1 atom stereocenters. The van der Waals surface area contributed by atoms with E-state index in [-0.39, 0.29) is 5.92 Å². The second-order valence-electron chi connectivity index (χ2n) is 7.91. The molecule has 0 bridgehead atoms. The number of nitrogens with two attached hydrogens (primary N) is 1. The van der Waals surface area contributed by atoms with Gasteiger partial charge in [-0.1, -0.05) is 110 Å². The zero-order valence-corrected chi connectivity index (χ0v) is 17.1. The van der Waals surface area contributed by atoms with Gasteiger partial charge in [0.2, 0.25) is 0 Å². The van der Waals surface area contributed by atoms with E-state index in [1.165, 1.54) is 103 Å². The molecular weight excluding hydrogens is 310 g/mol. The van der Waals surface area contributed by atoms with Gasteiger partial charge in [0.1, 0.15) is 0 Å². The molecule has 0 aromatic heterocycles. The molecule has 0 rings (SSSR count). The van der Waals surface area contributed by atoms with Gasteiger partial charge < -0.3 is 15.9 Å². The molecule has 0 saturated heterocycles. The fraction of sp³-hybridized carbons (Fsp3) is 1.00. The van der Waals surface area contributed by atoms with Crippen LogP contribution in [0.4, 0.5) is 0 Å². The summed E-state index contributed by atoms with van der Waals surface area (Å²) in [6, 6.07) is 0. The Labute approximate surface area is 157 Å². The maximum absolute atomic E-state index is 8.99. The smallest absolute Gasteiger partial charge is 0.151 e. The summed E-state index contributed by atoms with van der Waals surface area (Å²) >= 11 is 0. The van der Waals surface area contributed by atoms with E-state index in [1.807, 2.05) is 0 Å². The van der Waals surface area contributed by atoms with Gasteiger partial charge in [-0.05, 0) is 18.9 Å². The molecule has 0 aliphatic carbocycles. The summed E-state index contributed by atoms with van der Waals surface area (Å²) in [5, 5.41) is 18.0. The van der Waals surface area contributed by atoms with E-state index in [0.29, 0.717) is 13.0 Å². The molecule has 1 unspecified atom stereocenters. The fourth-order valence-electron chi connectivity index (χ4n) is 3.61. The van der Waals surface area contributed by atoms with Gasteiger partial charge in [0.05, 0.1) is 0 Å². The Morgan fingerprint density at radius 2 is 0.960 bits per heavy atom. The lowest BCUT2D eigenvalue weighted by Crippen LogP contribution is -2.20.